The fourth-order valence-electron chi connectivity index (χ4n) is 3.50. The number of carbonyl (C=O) groups excluding carboxylic acids is 1. The van der Waals surface area contributed by atoms with Crippen molar-refractivity contribution >= 4 is 5.91 Å². The summed E-state index contributed by atoms with van der Waals surface area (Å²) in [5.74, 6) is 1.53. The third-order valence-corrected chi connectivity index (χ3v) is 5.12. The minimum absolute atomic E-state index is 0.231. The van der Waals surface area contributed by atoms with Gasteiger partial charge < -0.3 is 9.80 Å². The van der Waals surface area contributed by atoms with E-state index in [9.17, 15) is 4.79 Å². The minimum Gasteiger partial charge on any atom is -0.342 e. The van der Waals surface area contributed by atoms with Crippen LogP contribution in [0.25, 0.3) is 0 Å². The lowest BCUT2D eigenvalue weighted by atomic mass is 9.79. The number of nitrogens with zero attached hydrogens (tertiary/aromatic N) is 1. The molecule has 1 amide bonds. The smallest absolute Gasteiger partial charge is 0.219 e. The average molecular weight is 336 g/mol. The van der Waals surface area contributed by atoms with E-state index >= 15 is 0 Å². The molecule has 0 bridgehead atoms. The lowest BCUT2D eigenvalue weighted by Gasteiger charge is -2.33. The van der Waals surface area contributed by atoms with E-state index in [-0.39, 0.29) is 5.91 Å². The monoisotopic (exact) mass is 335 g/mol. The summed E-state index contributed by atoms with van der Waals surface area (Å²) in [6, 6.07) is 0. The van der Waals surface area contributed by atoms with Crippen molar-refractivity contribution in [2.24, 2.45) is 11.8 Å². The quantitative estimate of drug-likeness (QED) is 0.644. The van der Waals surface area contributed by atoms with E-state index in [1.807, 2.05) is 0 Å². The van der Waals surface area contributed by atoms with E-state index < -0.39 is 0 Å². The topological polar surface area (TPSA) is 24.8 Å². The third-order valence-electron chi connectivity index (χ3n) is 5.12. The summed E-state index contributed by atoms with van der Waals surface area (Å²) in [6.45, 7) is 11.4. The normalized spacial score (nSPS) is 20.7. The molecule has 0 aliphatic heterocycles. The first-order chi connectivity index (χ1) is 11.3. The van der Waals surface area contributed by atoms with Gasteiger partial charge in [-0.15, -0.1) is 0 Å². The molecule has 24 heavy (non-hydrogen) atoms. The Bertz CT molecular complexity index is 447. The SMILES string of the molecule is CC(=O)N(CCC[NH+](C)C)C[C@@H]1CC=C(CCC=C(C)C)C[C@H]1C. The predicted octanol–water partition coefficient (Wildman–Crippen LogP) is 3.09. The molecule has 0 saturated heterocycles. The molecule has 1 aliphatic rings. The zero-order valence-corrected chi connectivity index (χ0v) is 16.8. The molecule has 3 nitrogen and oxygen atoms in total. The number of quaternary nitrogens is 1. The van der Waals surface area contributed by atoms with E-state index in [0.29, 0.717) is 11.8 Å². The van der Waals surface area contributed by atoms with Gasteiger partial charge in [-0.1, -0.05) is 30.2 Å². The number of rotatable bonds is 9. The van der Waals surface area contributed by atoms with Crippen LogP contribution in [0.3, 0.4) is 0 Å². The molecule has 138 valence electrons. The zero-order valence-electron chi connectivity index (χ0n) is 16.8. The van der Waals surface area contributed by atoms with E-state index in [1.54, 1.807) is 12.5 Å². The molecule has 3 heteroatoms. The molecule has 0 heterocycles. The predicted molar refractivity (Wildman–Crippen MR) is 103 cm³/mol. The Labute approximate surface area is 149 Å². The second kappa shape index (κ2) is 10.7. The van der Waals surface area contributed by atoms with Crippen LogP contribution in [0.1, 0.15) is 59.8 Å². The highest BCUT2D eigenvalue weighted by molar-refractivity contribution is 5.73. The molecule has 2 atom stereocenters. The molecule has 1 N–H and O–H groups in total. The minimum atomic E-state index is 0.231. The van der Waals surface area contributed by atoms with Gasteiger partial charge in [0.1, 0.15) is 0 Å². The van der Waals surface area contributed by atoms with E-state index in [2.05, 4.69) is 51.9 Å². The van der Waals surface area contributed by atoms with Crippen molar-refractivity contribution in [1.29, 1.82) is 0 Å². The van der Waals surface area contributed by atoms with Crippen molar-refractivity contribution in [3.05, 3.63) is 23.3 Å². The Morgan fingerprint density at radius 3 is 2.58 bits per heavy atom. The van der Waals surface area contributed by atoms with E-state index in [1.165, 1.54) is 23.3 Å². The van der Waals surface area contributed by atoms with Crippen molar-refractivity contribution in [3.8, 4) is 0 Å². The number of amides is 1. The van der Waals surface area contributed by atoms with Crippen LogP contribution in [0.5, 0.6) is 0 Å². The highest BCUT2D eigenvalue weighted by atomic mass is 16.2. The number of hydrogen-bond donors (Lipinski definition) is 1. The standard InChI is InChI=1S/C21H38N2O/c1-17(2)9-7-10-20-11-12-21(18(3)15-20)16-23(19(4)24)14-8-13-22(5)6/h9,11,18,21H,7-8,10,12-16H2,1-6H3/p+1/t18-,21+/m1/s1. The molecule has 0 aromatic carbocycles. The second-order valence-electron chi connectivity index (χ2n) is 8.14. The van der Waals surface area contributed by atoms with Crippen molar-refractivity contribution in [2.75, 3.05) is 33.7 Å². The van der Waals surface area contributed by atoms with Gasteiger partial charge in [-0.05, 0) is 51.4 Å². The summed E-state index contributed by atoms with van der Waals surface area (Å²) >= 11 is 0. The van der Waals surface area contributed by atoms with Crippen LogP contribution in [0, 0.1) is 11.8 Å². The molecule has 1 rings (SSSR count). The molecule has 0 unspecified atom stereocenters. The summed E-state index contributed by atoms with van der Waals surface area (Å²) in [5.41, 5.74) is 3.02. The lowest BCUT2D eigenvalue weighted by Crippen LogP contribution is -3.05. The Morgan fingerprint density at radius 1 is 1.33 bits per heavy atom. The summed E-state index contributed by atoms with van der Waals surface area (Å²) in [4.78, 5) is 15.5. The summed E-state index contributed by atoms with van der Waals surface area (Å²) in [6.07, 6.45) is 10.6. The Balaban J connectivity index is 2.50. The molecule has 1 aliphatic carbocycles. The molecular weight excluding hydrogens is 296 g/mol. The van der Waals surface area contributed by atoms with Gasteiger partial charge in [-0.25, -0.2) is 0 Å². The van der Waals surface area contributed by atoms with Gasteiger partial charge >= 0.3 is 0 Å². The van der Waals surface area contributed by atoms with Gasteiger partial charge in [0, 0.05) is 26.4 Å². The fraction of sp³-hybridized carbons (Fsp3) is 0.762. The molecule has 0 aromatic rings. The van der Waals surface area contributed by atoms with Crippen LogP contribution in [-0.2, 0) is 4.79 Å². The first kappa shape index (κ1) is 21.0. The first-order valence-electron chi connectivity index (χ1n) is 9.65. The Kier molecular flexibility index (Phi) is 9.35. The molecule has 0 spiro atoms. The van der Waals surface area contributed by atoms with Crippen molar-refractivity contribution < 1.29 is 9.69 Å². The van der Waals surface area contributed by atoms with Gasteiger partial charge in [0.05, 0.1) is 20.6 Å². The van der Waals surface area contributed by atoms with Crippen LogP contribution in [0.4, 0.5) is 0 Å². The zero-order chi connectivity index (χ0) is 18.1. The summed E-state index contributed by atoms with van der Waals surface area (Å²) < 4.78 is 0. The highest BCUT2D eigenvalue weighted by Crippen LogP contribution is 2.32. The summed E-state index contributed by atoms with van der Waals surface area (Å²) in [7, 11) is 4.34. The van der Waals surface area contributed by atoms with Crippen LogP contribution in [-0.4, -0.2) is 44.5 Å². The van der Waals surface area contributed by atoms with Crippen molar-refractivity contribution in [3.63, 3.8) is 0 Å². The Morgan fingerprint density at radius 2 is 2.04 bits per heavy atom. The number of hydrogen-bond acceptors (Lipinski definition) is 1. The van der Waals surface area contributed by atoms with Gasteiger partial charge in [0.25, 0.3) is 0 Å². The van der Waals surface area contributed by atoms with Gasteiger partial charge in [-0.3, -0.25) is 4.79 Å². The molecular formula is C21H39N2O+. The molecule has 0 radical (unpaired) electrons. The van der Waals surface area contributed by atoms with Gasteiger partial charge in [-0.2, -0.15) is 0 Å². The first-order valence-corrected chi connectivity index (χ1v) is 9.65. The molecule has 0 saturated carbocycles. The maximum atomic E-state index is 12.0. The molecule has 0 fully saturated rings. The number of carbonyl (C=O) groups is 1. The Hall–Kier alpha value is -1.09. The lowest BCUT2D eigenvalue weighted by molar-refractivity contribution is -0.858. The van der Waals surface area contributed by atoms with Crippen LogP contribution < -0.4 is 4.90 Å². The van der Waals surface area contributed by atoms with Gasteiger partial charge in [0.2, 0.25) is 5.91 Å². The van der Waals surface area contributed by atoms with Crippen LogP contribution in [0.2, 0.25) is 0 Å². The van der Waals surface area contributed by atoms with E-state index in [4.69, 9.17) is 0 Å². The van der Waals surface area contributed by atoms with Gasteiger partial charge in [0.15, 0.2) is 0 Å². The summed E-state index contributed by atoms with van der Waals surface area (Å²) in [5, 5.41) is 0. The van der Waals surface area contributed by atoms with Crippen molar-refractivity contribution in [2.45, 2.75) is 59.8 Å². The van der Waals surface area contributed by atoms with E-state index in [0.717, 1.165) is 38.9 Å². The fourth-order valence-corrected chi connectivity index (χ4v) is 3.50. The van der Waals surface area contributed by atoms with Crippen LogP contribution >= 0.6 is 0 Å². The largest absolute Gasteiger partial charge is 0.342 e. The second-order valence-corrected chi connectivity index (χ2v) is 8.14. The highest BCUT2D eigenvalue weighted by Gasteiger charge is 2.25. The number of allylic oxidation sites excluding steroid dienone is 4. The maximum Gasteiger partial charge on any atom is 0.219 e. The van der Waals surface area contributed by atoms with Crippen molar-refractivity contribution in [1.82, 2.24) is 4.90 Å². The third kappa shape index (κ3) is 8.14. The molecule has 0 aromatic heterocycles. The van der Waals surface area contributed by atoms with Crippen LogP contribution in [0.15, 0.2) is 23.3 Å². The average Bonchev–Trinajstić information content (AvgIpc) is 2.47. The number of nitrogens with one attached hydrogen (secondary N) is 1. The maximum absolute atomic E-state index is 12.0.